The topological polar surface area (TPSA) is 54.4 Å². The van der Waals surface area contributed by atoms with Crippen LogP contribution in [-0.2, 0) is 10.1 Å². The van der Waals surface area contributed by atoms with Crippen molar-refractivity contribution < 1.29 is 13.0 Å². The first-order valence-electron chi connectivity index (χ1n) is 6.98. The first-order valence-corrected chi connectivity index (χ1v) is 8.83. The van der Waals surface area contributed by atoms with Crippen LogP contribution >= 0.6 is 12.2 Å². The van der Waals surface area contributed by atoms with E-state index < -0.39 is 10.1 Å². The summed E-state index contributed by atoms with van der Waals surface area (Å²) in [5.74, 6) is 0. The van der Waals surface area contributed by atoms with Crippen molar-refractivity contribution in [2.24, 2.45) is 0 Å². The average molecular weight is 294 g/mol. The van der Waals surface area contributed by atoms with Crippen molar-refractivity contribution in [2.75, 3.05) is 0 Å². The zero-order chi connectivity index (χ0) is 13.9. The fourth-order valence-electron chi connectivity index (χ4n) is 1.89. The molecule has 0 atom stereocenters. The Hall–Kier alpha value is -0.0000000000000000763. The molecule has 0 saturated heterocycles. The third-order valence-corrected chi connectivity index (χ3v) is 4.64. The van der Waals surface area contributed by atoms with Crippen molar-refractivity contribution in [3.8, 4) is 0 Å². The molecule has 108 valence electrons. The van der Waals surface area contributed by atoms with E-state index in [0.717, 1.165) is 19.3 Å². The van der Waals surface area contributed by atoms with Gasteiger partial charge < -0.3 is 0 Å². The summed E-state index contributed by atoms with van der Waals surface area (Å²) in [6, 6.07) is 0. The second kappa shape index (κ2) is 10.9. The fraction of sp³-hybridized carbons (Fsp3) is 0.923. The SMILES string of the molecule is CCCCCCCCCCCCC(=S)S(=O)(=O)O. The summed E-state index contributed by atoms with van der Waals surface area (Å²) in [6.07, 6.45) is 12.3. The van der Waals surface area contributed by atoms with Gasteiger partial charge in [0, 0.05) is 0 Å². The minimum atomic E-state index is -4.08. The van der Waals surface area contributed by atoms with Gasteiger partial charge in [-0.2, -0.15) is 8.42 Å². The van der Waals surface area contributed by atoms with E-state index in [9.17, 15) is 8.42 Å². The molecule has 3 nitrogen and oxygen atoms in total. The van der Waals surface area contributed by atoms with Crippen LogP contribution in [0.5, 0.6) is 0 Å². The van der Waals surface area contributed by atoms with E-state index in [4.69, 9.17) is 4.55 Å². The van der Waals surface area contributed by atoms with E-state index in [2.05, 4.69) is 19.1 Å². The number of rotatable bonds is 11. The van der Waals surface area contributed by atoms with E-state index in [1.54, 1.807) is 0 Å². The molecular formula is C13H26O3S2. The zero-order valence-corrected chi connectivity index (χ0v) is 13.0. The Kier molecular flexibility index (Phi) is 10.9. The average Bonchev–Trinajstić information content (AvgIpc) is 2.30. The molecule has 0 unspecified atom stereocenters. The maximum Gasteiger partial charge on any atom is 0.300 e. The number of unbranched alkanes of at least 4 members (excludes halogenated alkanes) is 9. The Morgan fingerprint density at radius 2 is 1.28 bits per heavy atom. The molecule has 0 aromatic heterocycles. The molecule has 1 N–H and O–H groups in total. The van der Waals surface area contributed by atoms with Gasteiger partial charge in [-0.15, -0.1) is 0 Å². The quantitative estimate of drug-likeness (QED) is 0.346. The van der Waals surface area contributed by atoms with E-state index in [0.29, 0.717) is 6.42 Å². The van der Waals surface area contributed by atoms with E-state index in [1.807, 2.05) is 0 Å². The van der Waals surface area contributed by atoms with E-state index in [-0.39, 0.29) is 4.20 Å². The predicted molar refractivity (Wildman–Crippen MR) is 80.6 cm³/mol. The Balaban J connectivity index is 3.24. The number of hydrogen-bond acceptors (Lipinski definition) is 3. The van der Waals surface area contributed by atoms with Gasteiger partial charge in [0.1, 0.15) is 4.20 Å². The molecule has 0 aromatic rings. The molecule has 5 heteroatoms. The van der Waals surface area contributed by atoms with Crippen molar-refractivity contribution in [2.45, 2.75) is 77.6 Å². The lowest BCUT2D eigenvalue weighted by Crippen LogP contribution is -2.10. The molecule has 0 fully saturated rings. The summed E-state index contributed by atoms with van der Waals surface area (Å²) in [5, 5.41) is 0. The van der Waals surface area contributed by atoms with Crippen LogP contribution in [0.2, 0.25) is 0 Å². The van der Waals surface area contributed by atoms with Crippen molar-refractivity contribution >= 4 is 26.5 Å². The van der Waals surface area contributed by atoms with Gasteiger partial charge in [0.25, 0.3) is 0 Å². The Bertz CT molecular complexity index is 310. The second-order valence-corrected chi connectivity index (χ2v) is 6.97. The molecule has 0 aliphatic rings. The number of thiocarbonyl (C=S) groups is 1. The highest BCUT2D eigenvalue weighted by atomic mass is 32.2. The minimum Gasteiger partial charge on any atom is -0.281 e. The first-order chi connectivity index (χ1) is 8.48. The van der Waals surface area contributed by atoms with E-state index >= 15 is 0 Å². The monoisotopic (exact) mass is 294 g/mol. The van der Waals surface area contributed by atoms with Crippen LogP contribution in [0.15, 0.2) is 0 Å². The van der Waals surface area contributed by atoms with Crippen molar-refractivity contribution in [3.63, 3.8) is 0 Å². The minimum absolute atomic E-state index is 0.220. The lowest BCUT2D eigenvalue weighted by Gasteiger charge is -2.02. The van der Waals surface area contributed by atoms with Crippen LogP contribution < -0.4 is 0 Å². The standard InChI is InChI=1S/C13H26O3S2/c1-2-3-4-5-6-7-8-9-10-11-12-13(17)18(14,15)16/h2-12H2,1H3,(H,14,15,16). The Morgan fingerprint density at radius 1 is 0.889 bits per heavy atom. The molecule has 18 heavy (non-hydrogen) atoms. The fourth-order valence-corrected chi connectivity index (χ4v) is 2.43. The van der Waals surface area contributed by atoms with Crippen LogP contribution in [0.3, 0.4) is 0 Å². The maximum absolute atomic E-state index is 10.6. The summed E-state index contributed by atoms with van der Waals surface area (Å²) in [6.45, 7) is 2.22. The van der Waals surface area contributed by atoms with Gasteiger partial charge in [0.05, 0.1) is 0 Å². The van der Waals surface area contributed by atoms with Gasteiger partial charge >= 0.3 is 10.1 Å². The van der Waals surface area contributed by atoms with Crippen LogP contribution in [0.4, 0.5) is 0 Å². The molecule has 0 saturated carbocycles. The van der Waals surface area contributed by atoms with Crippen LogP contribution in [0.1, 0.15) is 77.6 Å². The maximum atomic E-state index is 10.6. The Labute approximate surface area is 117 Å². The molecule has 0 heterocycles. The van der Waals surface area contributed by atoms with Crippen LogP contribution in [0.25, 0.3) is 0 Å². The van der Waals surface area contributed by atoms with Crippen LogP contribution in [-0.4, -0.2) is 17.2 Å². The summed E-state index contributed by atoms with van der Waals surface area (Å²) in [5.41, 5.74) is 0. The second-order valence-electron chi connectivity index (χ2n) is 4.78. The molecule has 0 rings (SSSR count). The van der Waals surface area contributed by atoms with Gasteiger partial charge in [0.2, 0.25) is 0 Å². The molecule has 0 aliphatic carbocycles. The van der Waals surface area contributed by atoms with Gasteiger partial charge in [0.15, 0.2) is 0 Å². The van der Waals surface area contributed by atoms with Gasteiger partial charge in [-0.3, -0.25) is 4.55 Å². The third kappa shape index (κ3) is 11.1. The van der Waals surface area contributed by atoms with Gasteiger partial charge in [-0.05, 0) is 12.8 Å². The molecule has 0 amide bonds. The van der Waals surface area contributed by atoms with Crippen molar-refractivity contribution in [1.82, 2.24) is 0 Å². The summed E-state index contributed by atoms with van der Waals surface area (Å²) in [4.78, 5) is 0. The summed E-state index contributed by atoms with van der Waals surface area (Å²) < 4.78 is 29.7. The number of hydrogen-bond donors (Lipinski definition) is 1. The highest BCUT2D eigenvalue weighted by Crippen LogP contribution is 2.12. The molecule has 0 spiro atoms. The molecule has 0 radical (unpaired) electrons. The van der Waals surface area contributed by atoms with Gasteiger partial charge in [-0.1, -0.05) is 76.9 Å². The highest BCUT2D eigenvalue weighted by molar-refractivity contribution is 8.13. The van der Waals surface area contributed by atoms with Crippen molar-refractivity contribution in [1.29, 1.82) is 0 Å². The van der Waals surface area contributed by atoms with Gasteiger partial charge in [-0.25, -0.2) is 0 Å². The molecule has 0 bridgehead atoms. The van der Waals surface area contributed by atoms with Crippen molar-refractivity contribution in [3.05, 3.63) is 0 Å². The smallest absolute Gasteiger partial charge is 0.281 e. The van der Waals surface area contributed by atoms with E-state index in [1.165, 1.54) is 44.9 Å². The summed E-state index contributed by atoms with van der Waals surface area (Å²) in [7, 11) is -4.08. The lowest BCUT2D eigenvalue weighted by molar-refractivity contribution is 0.497. The first kappa shape index (κ1) is 18.0. The lowest BCUT2D eigenvalue weighted by atomic mass is 10.1. The Morgan fingerprint density at radius 3 is 1.67 bits per heavy atom. The summed E-state index contributed by atoms with van der Waals surface area (Å²) >= 11 is 4.61. The van der Waals surface area contributed by atoms with Crippen LogP contribution in [0, 0.1) is 0 Å². The molecule has 0 aromatic carbocycles. The molecular weight excluding hydrogens is 268 g/mol. The normalized spacial score (nSPS) is 11.7. The predicted octanol–water partition coefficient (Wildman–Crippen LogP) is 4.51. The third-order valence-electron chi connectivity index (χ3n) is 3.02. The largest absolute Gasteiger partial charge is 0.300 e. The highest BCUT2D eigenvalue weighted by Gasteiger charge is 2.11. The zero-order valence-electron chi connectivity index (χ0n) is 11.4. The molecule has 0 aliphatic heterocycles.